The number of pyridine rings is 1. The number of thiazole rings is 1. The second-order valence-electron chi connectivity index (χ2n) is 3.91. The number of hydrogen-bond acceptors (Lipinski definition) is 4. The summed E-state index contributed by atoms with van der Waals surface area (Å²) < 4.78 is 2.36. The predicted molar refractivity (Wildman–Crippen MR) is 77.1 cm³/mol. The van der Waals surface area contributed by atoms with Gasteiger partial charge in [0.25, 0.3) is 0 Å². The molecular weight excluding hydrogens is 260 g/mol. The van der Waals surface area contributed by atoms with Crippen LogP contribution in [0.4, 0.5) is 0 Å². The third-order valence-corrected chi connectivity index (χ3v) is 4.63. The molecule has 4 rings (SSSR count). The van der Waals surface area contributed by atoms with Gasteiger partial charge in [0.05, 0.1) is 26.1 Å². The standard InChI is InChI=1S/C14H7N2S2/c1-2-4-13-9(3-1)16-14(18-13)11-5-6-12-10(15-11)7-8-17-12/h1-6,8H. The van der Waals surface area contributed by atoms with Gasteiger partial charge in [0.1, 0.15) is 5.01 Å². The molecule has 0 aliphatic carbocycles. The number of hydrogen-bond donors (Lipinski definition) is 0. The molecule has 0 saturated carbocycles. The van der Waals surface area contributed by atoms with E-state index in [2.05, 4.69) is 28.2 Å². The molecule has 2 nitrogen and oxygen atoms in total. The molecule has 0 bridgehead atoms. The van der Waals surface area contributed by atoms with Gasteiger partial charge in [-0.05, 0) is 24.3 Å². The molecule has 85 valence electrons. The van der Waals surface area contributed by atoms with Gasteiger partial charge >= 0.3 is 0 Å². The molecule has 0 aliphatic heterocycles. The summed E-state index contributed by atoms with van der Waals surface area (Å²) in [5, 5.41) is 2.91. The largest absolute Gasteiger partial charge is 0.244 e. The van der Waals surface area contributed by atoms with Gasteiger partial charge in [-0.15, -0.1) is 22.7 Å². The molecule has 1 radical (unpaired) electrons. The van der Waals surface area contributed by atoms with Crippen LogP contribution in [-0.2, 0) is 0 Å². The van der Waals surface area contributed by atoms with E-state index in [1.54, 1.807) is 22.7 Å². The molecule has 0 saturated heterocycles. The highest BCUT2D eigenvalue weighted by molar-refractivity contribution is 7.21. The molecule has 0 spiro atoms. The highest BCUT2D eigenvalue weighted by Gasteiger charge is 2.08. The van der Waals surface area contributed by atoms with Crippen molar-refractivity contribution in [3.63, 3.8) is 0 Å². The lowest BCUT2D eigenvalue weighted by molar-refractivity contribution is 1.37. The summed E-state index contributed by atoms with van der Waals surface area (Å²) in [6, 6.07) is 15.4. The zero-order valence-corrected chi connectivity index (χ0v) is 10.9. The zero-order valence-electron chi connectivity index (χ0n) is 9.25. The lowest BCUT2D eigenvalue weighted by Crippen LogP contribution is -1.81. The Bertz CT molecular complexity index is 812. The molecule has 18 heavy (non-hydrogen) atoms. The fraction of sp³-hybridized carbons (Fsp3) is 0. The van der Waals surface area contributed by atoms with Crippen molar-refractivity contribution in [2.75, 3.05) is 0 Å². The van der Waals surface area contributed by atoms with Crippen LogP contribution in [0.2, 0.25) is 0 Å². The van der Waals surface area contributed by atoms with E-state index in [-0.39, 0.29) is 0 Å². The third-order valence-electron chi connectivity index (χ3n) is 2.75. The lowest BCUT2D eigenvalue weighted by atomic mass is 10.3. The number of para-hydroxylation sites is 1. The maximum atomic E-state index is 4.62. The summed E-state index contributed by atoms with van der Waals surface area (Å²) in [5.41, 5.74) is 2.89. The summed E-state index contributed by atoms with van der Waals surface area (Å²) in [4.78, 5) is 9.22. The van der Waals surface area contributed by atoms with Crippen molar-refractivity contribution >= 4 is 43.1 Å². The van der Waals surface area contributed by atoms with Crippen LogP contribution in [-0.4, -0.2) is 9.97 Å². The highest BCUT2D eigenvalue weighted by atomic mass is 32.1. The van der Waals surface area contributed by atoms with E-state index in [0.29, 0.717) is 0 Å². The van der Waals surface area contributed by atoms with Crippen molar-refractivity contribution in [1.82, 2.24) is 9.97 Å². The Kier molecular flexibility index (Phi) is 2.18. The number of aromatic nitrogens is 2. The fourth-order valence-corrected chi connectivity index (χ4v) is 3.49. The first-order valence-electron chi connectivity index (χ1n) is 5.52. The SMILES string of the molecule is [c]1csc2ccc(-c3nc4ccccc4s3)nc12. The minimum absolute atomic E-state index is 0.928. The maximum absolute atomic E-state index is 4.62. The molecule has 0 aliphatic rings. The van der Waals surface area contributed by atoms with Crippen molar-refractivity contribution in [2.24, 2.45) is 0 Å². The van der Waals surface area contributed by atoms with E-state index in [0.717, 1.165) is 21.7 Å². The minimum atomic E-state index is 0.928. The van der Waals surface area contributed by atoms with E-state index in [1.807, 2.05) is 29.6 Å². The summed E-state index contributed by atoms with van der Waals surface area (Å²) in [6.45, 7) is 0. The van der Waals surface area contributed by atoms with Gasteiger partial charge in [-0.1, -0.05) is 12.1 Å². The second kappa shape index (κ2) is 3.86. The highest BCUT2D eigenvalue weighted by Crippen LogP contribution is 2.30. The normalized spacial score (nSPS) is 11.3. The van der Waals surface area contributed by atoms with Crippen LogP contribution >= 0.6 is 22.7 Å². The Morgan fingerprint density at radius 1 is 0.944 bits per heavy atom. The Hall–Kier alpha value is -1.78. The van der Waals surface area contributed by atoms with Gasteiger partial charge in [0.2, 0.25) is 0 Å². The molecule has 0 unspecified atom stereocenters. The molecule has 0 fully saturated rings. The van der Waals surface area contributed by atoms with Gasteiger partial charge in [0, 0.05) is 11.4 Å². The maximum Gasteiger partial charge on any atom is 0.143 e. The zero-order chi connectivity index (χ0) is 11.9. The van der Waals surface area contributed by atoms with E-state index in [9.17, 15) is 0 Å². The average molecular weight is 267 g/mol. The van der Waals surface area contributed by atoms with Crippen LogP contribution < -0.4 is 0 Å². The van der Waals surface area contributed by atoms with Crippen molar-refractivity contribution in [3.05, 3.63) is 47.8 Å². The van der Waals surface area contributed by atoms with Crippen LogP contribution in [0, 0.1) is 6.07 Å². The van der Waals surface area contributed by atoms with Crippen LogP contribution in [0.3, 0.4) is 0 Å². The molecule has 1 aromatic carbocycles. The molecule has 4 aromatic rings. The molecule has 3 heterocycles. The van der Waals surface area contributed by atoms with Crippen LogP contribution in [0.5, 0.6) is 0 Å². The Balaban J connectivity index is 1.94. The third kappa shape index (κ3) is 1.54. The van der Waals surface area contributed by atoms with Crippen molar-refractivity contribution in [2.45, 2.75) is 0 Å². The summed E-state index contributed by atoms with van der Waals surface area (Å²) in [6.07, 6.45) is 0. The van der Waals surface area contributed by atoms with Crippen molar-refractivity contribution in [1.29, 1.82) is 0 Å². The van der Waals surface area contributed by atoms with Crippen LogP contribution in [0.25, 0.3) is 31.1 Å². The van der Waals surface area contributed by atoms with Crippen LogP contribution in [0.1, 0.15) is 0 Å². The van der Waals surface area contributed by atoms with E-state index >= 15 is 0 Å². The first-order valence-corrected chi connectivity index (χ1v) is 7.22. The van der Waals surface area contributed by atoms with Crippen molar-refractivity contribution < 1.29 is 0 Å². The lowest BCUT2D eigenvalue weighted by Gasteiger charge is -1.94. The first kappa shape index (κ1) is 10.2. The Morgan fingerprint density at radius 2 is 1.89 bits per heavy atom. The fourth-order valence-electron chi connectivity index (χ4n) is 1.89. The number of benzene rings is 1. The average Bonchev–Trinajstić information content (AvgIpc) is 3.04. The molecule has 0 atom stereocenters. The number of nitrogens with zero attached hydrogens (tertiary/aromatic N) is 2. The molecule has 0 N–H and O–H groups in total. The Morgan fingerprint density at radius 3 is 2.83 bits per heavy atom. The first-order chi connectivity index (χ1) is 8.90. The molecule has 0 amide bonds. The topological polar surface area (TPSA) is 25.8 Å². The smallest absolute Gasteiger partial charge is 0.143 e. The summed E-state index contributed by atoms with van der Waals surface area (Å²) in [5.74, 6) is 0. The summed E-state index contributed by atoms with van der Waals surface area (Å²) >= 11 is 3.34. The van der Waals surface area contributed by atoms with E-state index < -0.39 is 0 Å². The summed E-state index contributed by atoms with van der Waals surface area (Å²) in [7, 11) is 0. The molecule has 3 aromatic heterocycles. The van der Waals surface area contributed by atoms with Crippen molar-refractivity contribution in [3.8, 4) is 10.7 Å². The second-order valence-corrected chi connectivity index (χ2v) is 5.85. The van der Waals surface area contributed by atoms with Crippen LogP contribution in [0.15, 0.2) is 41.8 Å². The number of thiophene rings is 1. The van der Waals surface area contributed by atoms with Gasteiger partial charge in [-0.2, -0.15) is 0 Å². The molecular formula is C14H7N2S2. The van der Waals surface area contributed by atoms with Gasteiger partial charge in [0.15, 0.2) is 0 Å². The number of rotatable bonds is 1. The van der Waals surface area contributed by atoms with Gasteiger partial charge < -0.3 is 0 Å². The van der Waals surface area contributed by atoms with E-state index in [4.69, 9.17) is 0 Å². The monoisotopic (exact) mass is 267 g/mol. The number of fused-ring (bicyclic) bond motifs is 2. The predicted octanol–water partition coefficient (Wildman–Crippen LogP) is 4.37. The Labute approximate surface area is 112 Å². The quantitative estimate of drug-likeness (QED) is 0.511. The van der Waals surface area contributed by atoms with E-state index in [1.165, 1.54) is 9.40 Å². The van der Waals surface area contributed by atoms with Gasteiger partial charge in [-0.25, -0.2) is 9.97 Å². The van der Waals surface area contributed by atoms with Gasteiger partial charge in [-0.3, -0.25) is 0 Å². The molecule has 4 heteroatoms. The minimum Gasteiger partial charge on any atom is -0.244 e.